The Labute approximate surface area is 128 Å². The summed E-state index contributed by atoms with van der Waals surface area (Å²) in [5, 5.41) is 0. The zero-order valence-electron chi connectivity index (χ0n) is 13.7. The number of hydrogen-bond donors (Lipinski definition) is 0. The lowest BCUT2D eigenvalue weighted by Gasteiger charge is -2.38. The van der Waals surface area contributed by atoms with E-state index in [1.54, 1.807) is 0 Å². The van der Waals surface area contributed by atoms with Crippen molar-refractivity contribution in [2.75, 3.05) is 20.7 Å². The Bertz CT molecular complexity index is 492. The fraction of sp³-hybridized carbons (Fsp3) is 0.611. The van der Waals surface area contributed by atoms with Gasteiger partial charge in [0.1, 0.15) is 0 Å². The quantitative estimate of drug-likeness (QED) is 0.804. The van der Waals surface area contributed by atoms with Crippen molar-refractivity contribution in [1.82, 2.24) is 4.90 Å². The first-order valence-corrected chi connectivity index (χ1v) is 7.95. The van der Waals surface area contributed by atoms with E-state index >= 15 is 0 Å². The summed E-state index contributed by atoms with van der Waals surface area (Å²) in [4.78, 5) is 15.0. The summed E-state index contributed by atoms with van der Waals surface area (Å²) < 4.78 is 5.90. The van der Waals surface area contributed by atoms with Gasteiger partial charge in [-0.05, 0) is 44.5 Å². The van der Waals surface area contributed by atoms with Crippen LogP contribution in [0.4, 0.5) is 0 Å². The summed E-state index contributed by atoms with van der Waals surface area (Å²) in [5.74, 6) is 0.291. The van der Waals surface area contributed by atoms with Gasteiger partial charge < -0.3 is 4.74 Å². The van der Waals surface area contributed by atoms with Crippen molar-refractivity contribution in [2.45, 2.75) is 51.2 Å². The van der Waals surface area contributed by atoms with Crippen molar-refractivity contribution in [1.29, 1.82) is 0 Å². The summed E-state index contributed by atoms with van der Waals surface area (Å²) in [5.41, 5.74) is 2.15. The van der Waals surface area contributed by atoms with Crippen LogP contribution in [0.1, 0.15) is 50.3 Å². The third-order valence-electron chi connectivity index (χ3n) is 5.01. The van der Waals surface area contributed by atoms with Gasteiger partial charge in [0, 0.05) is 6.42 Å². The molecule has 0 fully saturated rings. The third-order valence-corrected chi connectivity index (χ3v) is 5.01. The van der Waals surface area contributed by atoms with E-state index in [0.29, 0.717) is 18.8 Å². The van der Waals surface area contributed by atoms with E-state index in [9.17, 15) is 4.79 Å². The number of nitrogens with zero attached hydrogens (tertiary/aromatic N) is 1. The second-order valence-corrected chi connectivity index (χ2v) is 6.07. The van der Waals surface area contributed by atoms with Gasteiger partial charge in [0.05, 0.1) is 18.2 Å². The van der Waals surface area contributed by atoms with Gasteiger partial charge in [0.2, 0.25) is 0 Å². The molecule has 116 valence electrons. The number of rotatable bonds is 6. The van der Waals surface area contributed by atoms with Crippen molar-refractivity contribution in [3.63, 3.8) is 0 Å². The van der Waals surface area contributed by atoms with E-state index in [1.165, 1.54) is 11.1 Å². The monoisotopic (exact) mass is 289 g/mol. The molecule has 3 heteroatoms. The highest BCUT2D eigenvalue weighted by Crippen LogP contribution is 2.33. The summed E-state index contributed by atoms with van der Waals surface area (Å²) >= 11 is 0. The number of carbonyl (C=O) groups excluding carboxylic acids is 1. The zero-order valence-corrected chi connectivity index (χ0v) is 13.7. The van der Waals surface area contributed by atoms with Crippen molar-refractivity contribution in [2.24, 2.45) is 0 Å². The Balaban J connectivity index is 2.20. The van der Waals surface area contributed by atoms with Crippen LogP contribution in [0, 0.1) is 0 Å². The topological polar surface area (TPSA) is 29.5 Å². The molecule has 0 N–H and O–H groups in total. The molecule has 1 aromatic rings. The standard InChI is InChI=1S/C18H27NO2/c1-5-18(6-2,19(3)4)17(20)13-16-15-10-8-7-9-14(15)11-12-21-16/h7-10,16H,5-6,11-13H2,1-4H3. The number of carbonyl (C=O) groups is 1. The lowest BCUT2D eigenvalue weighted by atomic mass is 9.82. The first kappa shape index (κ1) is 16.2. The predicted molar refractivity (Wildman–Crippen MR) is 85.5 cm³/mol. The summed E-state index contributed by atoms with van der Waals surface area (Å²) in [6.07, 6.45) is 3.01. The molecule has 1 atom stereocenters. The number of Topliss-reactive ketones (excluding diaryl/α,β-unsaturated/α-hetero) is 1. The highest BCUT2D eigenvalue weighted by Gasteiger charge is 2.38. The maximum atomic E-state index is 12.9. The summed E-state index contributed by atoms with van der Waals surface area (Å²) in [7, 11) is 4.00. The van der Waals surface area contributed by atoms with Crippen molar-refractivity contribution >= 4 is 5.78 Å². The number of likely N-dealkylation sites (N-methyl/N-ethyl adjacent to an activating group) is 1. The third kappa shape index (κ3) is 3.04. The average molecular weight is 289 g/mol. The van der Waals surface area contributed by atoms with Crippen LogP contribution in [-0.4, -0.2) is 36.9 Å². The van der Waals surface area contributed by atoms with E-state index in [0.717, 1.165) is 19.3 Å². The van der Waals surface area contributed by atoms with Crippen molar-refractivity contribution in [3.8, 4) is 0 Å². The van der Waals surface area contributed by atoms with Crippen LogP contribution in [0.2, 0.25) is 0 Å². The van der Waals surface area contributed by atoms with Gasteiger partial charge in [0.25, 0.3) is 0 Å². The molecule has 2 rings (SSSR count). The van der Waals surface area contributed by atoms with E-state index < -0.39 is 0 Å². The molecular formula is C18H27NO2. The molecule has 0 bridgehead atoms. The second-order valence-electron chi connectivity index (χ2n) is 6.07. The minimum absolute atomic E-state index is 0.0834. The highest BCUT2D eigenvalue weighted by atomic mass is 16.5. The van der Waals surface area contributed by atoms with E-state index in [2.05, 4.69) is 36.9 Å². The van der Waals surface area contributed by atoms with Gasteiger partial charge in [0.15, 0.2) is 5.78 Å². The van der Waals surface area contributed by atoms with Crippen LogP contribution in [0.3, 0.4) is 0 Å². The lowest BCUT2D eigenvalue weighted by molar-refractivity contribution is -0.133. The molecule has 0 saturated carbocycles. The molecule has 1 unspecified atom stereocenters. The van der Waals surface area contributed by atoms with Crippen LogP contribution in [0.15, 0.2) is 24.3 Å². The van der Waals surface area contributed by atoms with E-state index in [4.69, 9.17) is 4.74 Å². The lowest BCUT2D eigenvalue weighted by Crippen LogP contribution is -2.50. The van der Waals surface area contributed by atoms with Crippen LogP contribution in [-0.2, 0) is 16.0 Å². The largest absolute Gasteiger partial charge is 0.373 e. The first-order chi connectivity index (χ1) is 10.0. The number of ketones is 1. The Kier molecular flexibility index (Phi) is 5.17. The Morgan fingerprint density at radius 2 is 1.95 bits per heavy atom. The first-order valence-electron chi connectivity index (χ1n) is 7.95. The number of ether oxygens (including phenoxy) is 1. The number of fused-ring (bicyclic) bond motifs is 1. The van der Waals surface area contributed by atoms with Crippen LogP contribution in [0.25, 0.3) is 0 Å². The highest BCUT2D eigenvalue weighted by molar-refractivity contribution is 5.88. The molecule has 0 radical (unpaired) electrons. The van der Waals surface area contributed by atoms with E-state index in [-0.39, 0.29) is 11.6 Å². The van der Waals surface area contributed by atoms with Gasteiger partial charge in [-0.25, -0.2) is 0 Å². The van der Waals surface area contributed by atoms with Gasteiger partial charge in [-0.1, -0.05) is 38.1 Å². The summed E-state index contributed by atoms with van der Waals surface area (Å²) in [6, 6.07) is 8.34. The Morgan fingerprint density at radius 1 is 1.29 bits per heavy atom. The molecule has 1 heterocycles. The molecule has 1 aliphatic rings. The molecular weight excluding hydrogens is 262 g/mol. The zero-order chi connectivity index (χ0) is 15.5. The fourth-order valence-corrected chi connectivity index (χ4v) is 3.53. The van der Waals surface area contributed by atoms with Crippen LogP contribution < -0.4 is 0 Å². The maximum absolute atomic E-state index is 12.9. The van der Waals surface area contributed by atoms with Crippen molar-refractivity contribution in [3.05, 3.63) is 35.4 Å². The number of benzene rings is 1. The molecule has 0 aromatic heterocycles. The number of hydrogen-bond acceptors (Lipinski definition) is 3. The van der Waals surface area contributed by atoms with Crippen LogP contribution >= 0.6 is 0 Å². The van der Waals surface area contributed by atoms with E-state index in [1.807, 2.05) is 20.2 Å². The van der Waals surface area contributed by atoms with Gasteiger partial charge in [-0.3, -0.25) is 9.69 Å². The molecule has 1 aromatic carbocycles. The smallest absolute Gasteiger partial charge is 0.155 e. The SMILES string of the molecule is CCC(CC)(C(=O)CC1OCCc2ccccc21)N(C)C. The molecule has 0 aliphatic carbocycles. The van der Waals surface area contributed by atoms with Gasteiger partial charge >= 0.3 is 0 Å². The minimum atomic E-state index is -0.365. The molecule has 0 saturated heterocycles. The normalized spacial score (nSPS) is 18.6. The maximum Gasteiger partial charge on any atom is 0.155 e. The molecule has 3 nitrogen and oxygen atoms in total. The second kappa shape index (κ2) is 6.71. The van der Waals surface area contributed by atoms with Crippen molar-refractivity contribution < 1.29 is 9.53 Å². The Hall–Kier alpha value is -1.19. The van der Waals surface area contributed by atoms with Gasteiger partial charge in [-0.15, -0.1) is 0 Å². The van der Waals surface area contributed by atoms with Gasteiger partial charge in [-0.2, -0.15) is 0 Å². The molecule has 0 spiro atoms. The average Bonchev–Trinajstić information content (AvgIpc) is 2.49. The fourth-order valence-electron chi connectivity index (χ4n) is 3.53. The van der Waals surface area contributed by atoms with Crippen LogP contribution in [0.5, 0.6) is 0 Å². The molecule has 0 amide bonds. The Morgan fingerprint density at radius 3 is 2.57 bits per heavy atom. The predicted octanol–water partition coefficient (Wildman–Crippen LogP) is 3.38. The summed E-state index contributed by atoms with van der Waals surface area (Å²) in [6.45, 7) is 4.90. The minimum Gasteiger partial charge on any atom is -0.373 e. The molecule has 21 heavy (non-hydrogen) atoms. The molecule has 1 aliphatic heterocycles.